The summed E-state index contributed by atoms with van der Waals surface area (Å²) in [6.45, 7) is 6.26. The number of rotatable bonds is 2. The topological polar surface area (TPSA) is 43.2 Å². The molecule has 1 unspecified atom stereocenters. The standard InChI is InChI=1S/C11H20N2O2/c1-6-8-10(14-4)13-9(7(2)3)11(12-8)15-5/h7-9H,6H2,1-5H3/t8?,9-/m1/s1. The van der Waals surface area contributed by atoms with Crippen LogP contribution in [0.25, 0.3) is 0 Å². The molecule has 0 aromatic rings. The molecule has 0 aromatic carbocycles. The predicted molar refractivity (Wildman–Crippen MR) is 61.6 cm³/mol. The van der Waals surface area contributed by atoms with Crippen molar-refractivity contribution in [3.05, 3.63) is 0 Å². The van der Waals surface area contributed by atoms with E-state index in [0.717, 1.165) is 18.2 Å². The molecule has 86 valence electrons. The first-order valence-electron chi connectivity index (χ1n) is 5.37. The summed E-state index contributed by atoms with van der Waals surface area (Å²) in [5, 5.41) is 0. The van der Waals surface area contributed by atoms with Crippen LogP contribution in [-0.4, -0.2) is 38.1 Å². The van der Waals surface area contributed by atoms with Crippen LogP contribution in [0, 0.1) is 5.92 Å². The molecule has 4 heteroatoms. The van der Waals surface area contributed by atoms with Gasteiger partial charge in [0.05, 0.1) is 14.2 Å². The molecule has 1 aliphatic rings. The molecule has 0 aromatic heterocycles. The Morgan fingerprint density at radius 3 is 2.13 bits per heavy atom. The van der Waals surface area contributed by atoms with Gasteiger partial charge in [-0.2, -0.15) is 0 Å². The first-order chi connectivity index (χ1) is 7.13. The third-order valence-electron chi connectivity index (χ3n) is 2.52. The first kappa shape index (κ1) is 12.0. The molecule has 0 radical (unpaired) electrons. The van der Waals surface area contributed by atoms with Crippen molar-refractivity contribution >= 4 is 11.8 Å². The van der Waals surface area contributed by atoms with E-state index in [4.69, 9.17) is 9.47 Å². The fraction of sp³-hybridized carbons (Fsp3) is 0.818. The lowest BCUT2D eigenvalue weighted by molar-refractivity contribution is 0.332. The van der Waals surface area contributed by atoms with E-state index in [9.17, 15) is 0 Å². The van der Waals surface area contributed by atoms with E-state index < -0.39 is 0 Å². The van der Waals surface area contributed by atoms with Crippen LogP contribution < -0.4 is 0 Å². The Morgan fingerprint density at radius 2 is 1.73 bits per heavy atom. The second-order valence-corrected chi connectivity index (χ2v) is 3.96. The lowest BCUT2D eigenvalue weighted by Crippen LogP contribution is -2.37. The molecular weight excluding hydrogens is 192 g/mol. The van der Waals surface area contributed by atoms with Crippen molar-refractivity contribution in [1.82, 2.24) is 0 Å². The SMILES string of the molecule is CCC1N=C(OC)[C@@H](C(C)C)N=C1OC. The summed E-state index contributed by atoms with van der Waals surface area (Å²) in [7, 11) is 3.29. The smallest absolute Gasteiger partial charge is 0.209 e. The van der Waals surface area contributed by atoms with Crippen LogP contribution in [0.1, 0.15) is 27.2 Å². The maximum Gasteiger partial charge on any atom is 0.209 e. The van der Waals surface area contributed by atoms with Crippen molar-refractivity contribution in [2.24, 2.45) is 15.9 Å². The van der Waals surface area contributed by atoms with E-state index in [1.54, 1.807) is 14.2 Å². The van der Waals surface area contributed by atoms with Gasteiger partial charge in [-0.3, -0.25) is 0 Å². The summed E-state index contributed by atoms with van der Waals surface area (Å²) in [6.07, 6.45) is 0.879. The van der Waals surface area contributed by atoms with E-state index in [1.165, 1.54) is 0 Å². The zero-order valence-electron chi connectivity index (χ0n) is 10.2. The van der Waals surface area contributed by atoms with E-state index in [-0.39, 0.29) is 12.1 Å². The average Bonchev–Trinajstić information content (AvgIpc) is 2.26. The second-order valence-electron chi connectivity index (χ2n) is 3.96. The van der Waals surface area contributed by atoms with Gasteiger partial charge in [0.2, 0.25) is 11.8 Å². The number of hydrogen-bond acceptors (Lipinski definition) is 4. The largest absolute Gasteiger partial charge is 0.483 e. The average molecular weight is 212 g/mol. The van der Waals surface area contributed by atoms with Gasteiger partial charge >= 0.3 is 0 Å². The highest BCUT2D eigenvalue weighted by atomic mass is 16.5. The summed E-state index contributed by atoms with van der Waals surface area (Å²) < 4.78 is 10.5. The van der Waals surface area contributed by atoms with Crippen LogP contribution in [-0.2, 0) is 9.47 Å². The summed E-state index contributed by atoms with van der Waals surface area (Å²) in [5.74, 6) is 1.81. The van der Waals surface area contributed by atoms with Crippen LogP contribution in [0.2, 0.25) is 0 Å². The molecule has 0 spiro atoms. The molecule has 0 bridgehead atoms. The molecule has 0 saturated heterocycles. The van der Waals surface area contributed by atoms with Gasteiger partial charge in [0.15, 0.2) is 0 Å². The van der Waals surface area contributed by atoms with E-state index in [1.807, 2.05) is 0 Å². The van der Waals surface area contributed by atoms with Gasteiger partial charge in [-0.05, 0) is 12.3 Å². The van der Waals surface area contributed by atoms with Gasteiger partial charge in [0, 0.05) is 0 Å². The van der Waals surface area contributed by atoms with Crippen LogP contribution >= 0.6 is 0 Å². The molecule has 2 atom stereocenters. The van der Waals surface area contributed by atoms with Crippen molar-refractivity contribution in [1.29, 1.82) is 0 Å². The Bertz CT molecular complexity index is 272. The van der Waals surface area contributed by atoms with Crippen molar-refractivity contribution in [3.8, 4) is 0 Å². The molecule has 15 heavy (non-hydrogen) atoms. The molecule has 1 heterocycles. The maximum atomic E-state index is 5.28. The van der Waals surface area contributed by atoms with Crippen molar-refractivity contribution in [3.63, 3.8) is 0 Å². The Balaban J connectivity index is 2.94. The van der Waals surface area contributed by atoms with Crippen molar-refractivity contribution < 1.29 is 9.47 Å². The minimum Gasteiger partial charge on any atom is -0.483 e. The zero-order chi connectivity index (χ0) is 11.4. The molecule has 4 nitrogen and oxygen atoms in total. The van der Waals surface area contributed by atoms with E-state index >= 15 is 0 Å². The number of hydrogen-bond donors (Lipinski definition) is 0. The summed E-state index contributed by atoms with van der Waals surface area (Å²) in [4.78, 5) is 9.06. The van der Waals surface area contributed by atoms with Crippen molar-refractivity contribution in [2.45, 2.75) is 39.3 Å². The Labute approximate surface area is 91.4 Å². The predicted octanol–water partition coefficient (Wildman–Crippen LogP) is 1.89. The van der Waals surface area contributed by atoms with Gasteiger partial charge in [-0.1, -0.05) is 20.8 Å². The molecular formula is C11H20N2O2. The molecule has 0 N–H and O–H groups in total. The second kappa shape index (κ2) is 5.14. The monoisotopic (exact) mass is 212 g/mol. The van der Waals surface area contributed by atoms with Gasteiger partial charge in [-0.25, -0.2) is 9.98 Å². The van der Waals surface area contributed by atoms with Gasteiger partial charge in [-0.15, -0.1) is 0 Å². The molecule has 1 aliphatic heterocycles. The Kier molecular flexibility index (Phi) is 4.12. The molecule has 0 aliphatic carbocycles. The number of aliphatic imine (C=N–C) groups is 2. The summed E-state index contributed by atoms with van der Waals surface area (Å²) >= 11 is 0. The van der Waals surface area contributed by atoms with E-state index in [2.05, 4.69) is 30.8 Å². The van der Waals surface area contributed by atoms with E-state index in [0.29, 0.717) is 5.92 Å². The minimum atomic E-state index is -0.00671. The summed E-state index contributed by atoms with van der Waals surface area (Å²) in [5.41, 5.74) is 0. The highest BCUT2D eigenvalue weighted by Gasteiger charge is 2.29. The lowest BCUT2D eigenvalue weighted by atomic mass is 10.0. The third kappa shape index (κ3) is 2.49. The maximum absolute atomic E-state index is 5.28. The molecule has 0 amide bonds. The fourth-order valence-electron chi connectivity index (χ4n) is 1.63. The van der Waals surface area contributed by atoms with Gasteiger partial charge < -0.3 is 9.47 Å². The van der Waals surface area contributed by atoms with Crippen LogP contribution in [0.4, 0.5) is 0 Å². The summed E-state index contributed by atoms with van der Waals surface area (Å²) in [6, 6.07) is 0.00713. The van der Waals surface area contributed by atoms with Gasteiger partial charge in [0.1, 0.15) is 12.1 Å². The van der Waals surface area contributed by atoms with Crippen LogP contribution in [0.3, 0.4) is 0 Å². The van der Waals surface area contributed by atoms with Gasteiger partial charge in [0.25, 0.3) is 0 Å². The third-order valence-corrected chi connectivity index (χ3v) is 2.52. The first-order valence-corrected chi connectivity index (χ1v) is 5.37. The lowest BCUT2D eigenvalue weighted by Gasteiger charge is -2.26. The highest BCUT2D eigenvalue weighted by molar-refractivity contribution is 5.93. The molecule has 0 saturated carbocycles. The normalized spacial score (nSPS) is 26.0. The van der Waals surface area contributed by atoms with Crippen molar-refractivity contribution in [2.75, 3.05) is 14.2 Å². The number of nitrogens with zero attached hydrogens (tertiary/aromatic N) is 2. The Morgan fingerprint density at radius 1 is 1.13 bits per heavy atom. The minimum absolute atomic E-state index is 0.00671. The Hall–Kier alpha value is -1.06. The van der Waals surface area contributed by atoms with Crippen LogP contribution in [0.5, 0.6) is 0 Å². The zero-order valence-corrected chi connectivity index (χ0v) is 10.2. The quantitative estimate of drug-likeness (QED) is 0.701. The highest BCUT2D eigenvalue weighted by Crippen LogP contribution is 2.18. The molecule has 1 rings (SSSR count). The van der Waals surface area contributed by atoms with Crippen LogP contribution in [0.15, 0.2) is 9.98 Å². The number of ether oxygens (including phenoxy) is 2. The molecule has 0 fully saturated rings. The number of methoxy groups -OCH3 is 2. The fourth-order valence-corrected chi connectivity index (χ4v) is 1.63.